The molecule has 6 nitrogen and oxygen atoms in total. The Labute approximate surface area is 152 Å². The first-order valence-corrected chi connectivity index (χ1v) is 9.13. The Bertz CT molecular complexity index is 903. The van der Waals surface area contributed by atoms with Gasteiger partial charge in [-0.05, 0) is 58.1 Å². The van der Waals surface area contributed by atoms with Crippen LogP contribution in [0.15, 0.2) is 18.2 Å². The number of carboxylic acid groups (broad SMARTS) is 1. The maximum atomic E-state index is 12.5. The number of carbonyl (C=O) groups excluding carboxylic acids is 1. The molecule has 1 aliphatic carbocycles. The largest absolute Gasteiger partial charge is 0.477 e. The topological polar surface area (TPSA) is 71.8 Å². The van der Waals surface area contributed by atoms with Crippen molar-refractivity contribution in [3.63, 3.8) is 0 Å². The molecule has 0 radical (unpaired) electrons. The van der Waals surface area contributed by atoms with E-state index in [-0.39, 0.29) is 6.09 Å². The summed E-state index contributed by atoms with van der Waals surface area (Å²) in [5, 5.41) is 10.5. The van der Waals surface area contributed by atoms with E-state index in [2.05, 4.69) is 0 Å². The third-order valence-corrected chi connectivity index (χ3v) is 4.99. The van der Waals surface area contributed by atoms with Crippen LogP contribution in [-0.4, -0.2) is 33.9 Å². The van der Waals surface area contributed by atoms with Gasteiger partial charge in [0.2, 0.25) is 0 Å². The molecular formula is C20H24N2O4. The molecule has 0 unspecified atom stereocenters. The molecule has 0 atom stereocenters. The molecule has 1 fully saturated rings. The Morgan fingerprint density at radius 1 is 1.27 bits per heavy atom. The monoisotopic (exact) mass is 356 g/mol. The predicted octanol–water partition coefficient (Wildman–Crippen LogP) is 4.05. The van der Waals surface area contributed by atoms with Crippen LogP contribution in [0.25, 0.3) is 10.9 Å². The van der Waals surface area contributed by atoms with Gasteiger partial charge in [-0.3, -0.25) is 4.90 Å². The number of rotatable bonds is 3. The van der Waals surface area contributed by atoms with E-state index in [4.69, 9.17) is 4.74 Å². The van der Waals surface area contributed by atoms with Crippen molar-refractivity contribution in [2.45, 2.75) is 52.2 Å². The van der Waals surface area contributed by atoms with Gasteiger partial charge in [-0.15, -0.1) is 0 Å². The lowest BCUT2D eigenvalue weighted by molar-refractivity contribution is 0.0583. The first kappa shape index (κ1) is 16.9. The standard InChI is InChI=1S/C20H24N2O4/c1-20(2,3)26-19(25)21-9-8-14-15(21)7-6-13-10-16(18(23)24)22(17(13)14)11-12-4-5-12/h6-7,10,12H,4-5,8-9,11H2,1-3H3,(H,23,24). The normalized spacial score (nSPS) is 16.8. The lowest BCUT2D eigenvalue weighted by Gasteiger charge is -2.24. The number of nitrogens with zero attached hydrogens (tertiary/aromatic N) is 2. The number of aromatic carboxylic acids is 1. The van der Waals surface area contributed by atoms with Gasteiger partial charge in [0, 0.05) is 24.0 Å². The molecule has 1 aliphatic heterocycles. The van der Waals surface area contributed by atoms with Crippen molar-refractivity contribution in [2.75, 3.05) is 11.4 Å². The lowest BCUT2D eigenvalue weighted by atomic mass is 10.1. The van der Waals surface area contributed by atoms with Crippen LogP contribution in [-0.2, 0) is 17.7 Å². The number of amides is 1. The number of aromatic nitrogens is 1. The van der Waals surface area contributed by atoms with Crippen LogP contribution in [0.1, 0.15) is 49.7 Å². The van der Waals surface area contributed by atoms with Gasteiger partial charge in [0.25, 0.3) is 0 Å². The summed E-state index contributed by atoms with van der Waals surface area (Å²) in [5.41, 5.74) is 2.61. The van der Waals surface area contributed by atoms with Crippen LogP contribution >= 0.6 is 0 Å². The highest BCUT2D eigenvalue weighted by molar-refractivity contribution is 6.01. The van der Waals surface area contributed by atoms with E-state index in [1.807, 2.05) is 37.5 Å². The van der Waals surface area contributed by atoms with Gasteiger partial charge in [0.15, 0.2) is 0 Å². The SMILES string of the molecule is CC(C)(C)OC(=O)N1CCc2c1ccc1cc(C(=O)O)n(CC3CC3)c21. The maximum absolute atomic E-state index is 12.5. The van der Waals surface area contributed by atoms with Crippen molar-refractivity contribution in [1.29, 1.82) is 0 Å². The van der Waals surface area contributed by atoms with Crippen molar-refractivity contribution >= 4 is 28.7 Å². The van der Waals surface area contributed by atoms with Crippen LogP contribution in [0, 0.1) is 5.92 Å². The van der Waals surface area contributed by atoms with Crippen molar-refractivity contribution in [3.8, 4) is 0 Å². The predicted molar refractivity (Wildman–Crippen MR) is 98.9 cm³/mol. The molecule has 1 aromatic carbocycles. The molecule has 2 aliphatic rings. The fraction of sp³-hybridized carbons (Fsp3) is 0.500. The van der Waals surface area contributed by atoms with E-state index in [0.717, 1.165) is 41.5 Å². The summed E-state index contributed by atoms with van der Waals surface area (Å²) < 4.78 is 7.46. The third-order valence-electron chi connectivity index (χ3n) is 4.99. The molecule has 1 saturated carbocycles. The maximum Gasteiger partial charge on any atom is 0.414 e. The van der Waals surface area contributed by atoms with E-state index in [9.17, 15) is 14.7 Å². The summed E-state index contributed by atoms with van der Waals surface area (Å²) in [7, 11) is 0. The van der Waals surface area contributed by atoms with E-state index in [1.54, 1.807) is 11.0 Å². The van der Waals surface area contributed by atoms with E-state index >= 15 is 0 Å². The second-order valence-corrected chi connectivity index (χ2v) is 8.27. The molecule has 6 heteroatoms. The fourth-order valence-electron chi connectivity index (χ4n) is 3.70. The van der Waals surface area contributed by atoms with Gasteiger partial charge in [0.05, 0.1) is 11.2 Å². The number of hydrogen-bond donors (Lipinski definition) is 1. The Morgan fingerprint density at radius 3 is 2.62 bits per heavy atom. The number of anilines is 1. The molecule has 1 N–H and O–H groups in total. The Balaban J connectivity index is 1.79. The average molecular weight is 356 g/mol. The van der Waals surface area contributed by atoms with Gasteiger partial charge >= 0.3 is 12.1 Å². The first-order valence-electron chi connectivity index (χ1n) is 9.13. The molecule has 138 valence electrons. The summed E-state index contributed by atoms with van der Waals surface area (Å²) in [6.07, 6.45) is 2.66. The second kappa shape index (κ2) is 5.76. The highest BCUT2D eigenvalue weighted by atomic mass is 16.6. The van der Waals surface area contributed by atoms with Gasteiger partial charge in [-0.25, -0.2) is 9.59 Å². The molecule has 26 heavy (non-hydrogen) atoms. The number of fused-ring (bicyclic) bond motifs is 3. The highest BCUT2D eigenvalue weighted by Gasteiger charge is 2.32. The molecule has 0 saturated heterocycles. The highest BCUT2D eigenvalue weighted by Crippen LogP contribution is 2.39. The summed E-state index contributed by atoms with van der Waals surface area (Å²) >= 11 is 0. The number of hydrogen-bond acceptors (Lipinski definition) is 3. The minimum Gasteiger partial charge on any atom is -0.477 e. The van der Waals surface area contributed by atoms with Crippen LogP contribution in [0.4, 0.5) is 10.5 Å². The number of carbonyl (C=O) groups is 2. The van der Waals surface area contributed by atoms with E-state index < -0.39 is 11.6 Å². The molecular weight excluding hydrogens is 332 g/mol. The minimum atomic E-state index is -0.905. The molecule has 2 aromatic rings. The van der Waals surface area contributed by atoms with Crippen LogP contribution < -0.4 is 4.90 Å². The second-order valence-electron chi connectivity index (χ2n) is 8.27. The summed E-state index contributed by atoms with van der Waals surface area (Å²) in [6.45, 7) is 6.84. The zero-order chi connectivity index (χ0) is 18.6. The summed E-state index contributed by atoms with van der Waals surface area (Å²) in [5.74, 6) is -0.347. The summed E-state index contributed by atoms with van der Waals surface area (Å²) in [4.78, 5) is 25.9. The van der Waals surface area contributed by atoms with Crippen molar-refractivity contribution in [1.82, 2.24) is 4.57 Å². The lowest BCUT2D eigenvalue weighted by Crippen LogP contribution is -2.35. The van der Waals surface area contributed by atoms with Gasteiger partial charge < -0.3 is 14.4 Å². The van der Waals surface area contributed by atoms with Crippen molar-refractivity contribution < 1.29 is 19.4 Å². The number of carboxylic acids is 1. The molecule has 0 spiro atoms. The number of benzene rings is 1. The Hall–Kier alpha value is -2.50. The van der Waals surface area contributed by atoms with Gasteiger partial charge in [0.1, 0.15) is 11.3 Å². The molecule has 4 rings (SSSR count). The smallest absolute Gasteiger partial charge is 0.414 e. The average Bonchev–Trinajstić information content (AvgIpc) is 3.11. The molecule has 0 bridgehead atoms. The van der Waals surface area contributed by atoms with Crippen LogP contribution in [0.2, 0.25) is 0 Å². The van der Waals surface area contributed by atoms with Crippen molar-refractivity contribution in [3.05, 3.63) is 29.5 Å². The zero-order valence-electron chi connectivity index (χ0n) is 15.4. The number of ether oxygens (including phenoxy) is 1. The summed E-state index contributed by atoms with van der Waals surface area (Å²) in [6, 6.07) is 5.56. The van der Waals surface area contributed by atoms with Gasteiger partial charge in [-0.1, -0.05) is 6.07 Å². The zero-order valence-corrected chi connectivity index (χ0v) is 15.4. The van der Waals surface area contributed by atoms with Crippen LogP contribution in [0.3, 0.4) is 0 Å². The molecule has 1 amide bonds. The van der Waals surface area contributed by atoms with E-state index in [0.29, 0.717) is 24.6 Å². The third kappa shape index (κ3) is 2.93. The van der Waals surface area contributed by atoms with Crippen molar-refractivity contribution in [2.24, 2.45) is 5.92 Å². The van der Waals surface area contributed by atoms with Crippen LogP contribution in [0.5, 0.6) is 0 Å². The quantitative estimate of drug-likeness (QED) is 0.901. The van der Waals surface area contributed by atoms with Gasteiger partial charge in [-0.2, -0.15) is 0 Å². The van der Waals surface area contributed by atoms with E-state index in [1.165, 1.54) is 0 Å². The Morgan fingerprint density at radius 2 is 2.00 bits per heavy atom. The Kier molecular flexibility index (Phi) is 3.75. The first-order chi connectivity index (χ1) is 12.2. The minimum absolute atomic E-state index is 0.330. The molecule has 2 heterocycles. The fourth-order valence-corrected chi connectivity index (χ4v) is 3.70. The molecule has 1 aromatic heterocycles.